The highest BCUT2D eigenvalue weighted by atomic mass is 32.2. The van der Waals surface area contributed by atoms with Crippen LogP contribution in [0.5, 0.6) is 0 Å². The number of thioether (sulfide) groups is 1. The van der Waals surface area contributed by atoms with E-state index in [4.69, 9.17) is 5.73 Å². The van der Waals surface area contributed by atoms with Gasteiger partial charge in [0.2, 0.25) is 5.95 Å². The van der Waals surface area contributed by atoms with E-state index in [1.165, 1.54) is 25.7 Å². The summed E-state index contributed by atoms with van der Waals surface area (Å²) in [4.78, 5) is 4.49. The van der Waals surface area contributed by atoms with Crippen molar-refractivity contribution in [2.75, 3.05) is 12.0 Å². The van der Waals surface area contributed by atoms with Gasteiger partial charge in [0.1, 0.15) is 5.52 Å². The number of aromatic nitrogens is 4. The maximum absolute atomic E-state index is 6.13. The predicted molar refractivity (Wildman–Crippen MR) is 80.4 cm³/mol. The van der Waals surface area contributed by atoms with Crippen LogP contribution in [0.2, 0.25) is 0 Å². The molecule has 6 heteroatoms. The smallest absolute Gasteiger partial charge is 0.202 e. The van der Waals surface area contributed by atoms with Crippen LogP contribution in [0.15, 0.2) is 0 Å². The molecule has 2 N–H and O–H groups in total. The lowest BCUT2D eigenvalue weighted by Crippen LogP contribution is -2.28. The second-order valence-corrected chi connectivity index (χ2v) is 6.81. The molecule has 0 aromatic carbocycles. The van der Waals surface area contributed by atoms with Crippen molar-refractivity contribution in [3.63, 3.8) is 0 Å². The van der Waals surface area contributed by atoms with Crippen molar-refractivity contribution in [1.82, 2.24) is 19.3 Å². The molecule has 3 rings (SSSR count). The largest absolute Gasteiger partial charge is 0.369 e. The first-order chi connectivity index (χ1) is 9.06. The number of nitrogen functional groups attached to an aromatic ring is 1. The van der Waals surface area contributed by atoms with E-state index in [0.717, 1.165) is 23.4 Å². The predicted octanol–water partition coefficient (Wildman–Crippen LogP) is 2.34. The molecule has 1 aliphatic carbocycles. The molecule has 0 atom stereocenters. The van der Waals surface area contributed by atoms with Crippen molar-refractivity contribution < 1.29 is 0 Å². The fraction of sp³-hybridized carbons (Fsp3) is 0.692. The fourth-order valence-electron chi connectivity index (χ4n) is 3.24. The second-order valence-electron chi connectivity index (χ2n) is 5.53. The van der Waals surface area contributed by atoms with Crippen LogP contribution in [0.1, 0.15) is 31.4 Å². The van der Waals surface area contributed by atoms with E-state index in [1.807, 2.05) is 30.4 Å². The van der Waals surface area contributed by atoms with Crippen molar-refractivity contribution >= 4 is 28.9 Å². The van der Waals surface area contributed by atoms with Gasteiger partial charge < -0.3 is 5.73 Å². The number of aryl methyl sites for hydroxylation is 2. The quantitative estimate of drug-likeness (QED) is 0.936. The Morgan fingerprint density at radius 1 is 1.37 bits per heavy atom. The van der Waals surface area contributed by atoms with Gasteiger partial charge in [-0.15, -0.1) is 0 Å². The summed E-state index contributed by atoms with van der Waals surface area (Å²) in [5, 5.41) is 4.45. The second kappa shape index (κ2) is 4.44. The van der Waals surface area contributed by atoms with E-state index < -0.39 is 0 Å². The Morgan fingerprint density at radius 3 is 2.68 bits per heavy atom. The maximum atomic E-state index is 6.13. The van der Waals surface area contributed by atoms with E-state index in [0.29, 0.717) is 10.7 Å². The van der Waals surface area contributed by atoms with Crippen molar-refractivity contribution in [3.05, 3.63) is 5.69 Å². The molecule has 0 radical (unpaired) electrons. The van der Waals surface area contributed by atoms with Gasteiger partial charge in [-0.05, 0) is 26.0 Å². The van der Waals surface area contributed by atoms with Crippen LogP contribution >= 0.6 is 11.8 Å². The summed E-state index contributed by atoms with van der Waals surface area (Å²) in [6.45, 7) is 2.93. The number of nitrogens with two attached hydrogens (primary N) is 1. The lowest BCUT2D eigenvalue weighted by atomic mass is 10.1. The molecule has 0 aliphatic heterocycles. The van der Waals surface area contributed by atoms with Gasteiger partial charge >= 0.3 is 0 Å². The number of anilines is 1. The number of hydrogen-bond donors (Lipinski definition) is 1. The number of fused-ring (bicyclic) bond motifs is 1. The monoisotopic (exact) mass is 279 g/mol. The van der Waals surface area contributed by atoms with Crippen molar-refractivity contribution in [2.45, 2.75) is 43.9 Å². The summed E-state index contributed by atoms with van der Waals surface area (Å²) in [6, 6.07) is 0. The molecule has 2 heterocycles. The molecular weight excluding hydrogens is 258 g/mol. The molecule has 5 nitrogen and oxygen atoms in total. The van der Waals surface area contributed by atoms with Crippen LogP contribution < -0.4 is 5.73 Å². The van der Waals surface area contributed by atoms with Crippen LogP contribution in [0, 0.1) is 6.92 Å². The minimum Gasteiger partial charge on any atom is -0.369 e. The summed E-state index contributed by atoms with van der Waals surface area (Å²) in [6.07, 6.45) is 7.39. The van der Waals surface area contributed by atoms with E-state index in [9.17, 15) is 0 Å². The minimum absolute atomic E-state index is 0.319. The maximum Gasteiger partial charge on any atom is 0.202 e. The first-order valence-electron chi connectivity index (χ1n) is 6.77. The Hall–Kier alpha value is -1.17. The van der Waals surface area contributed by atoms with Gasteiger partial charge in [-0.3, -0.25) is 9.25 Å². The molecule has 1 fully saturated rings. The number of hydrogen-bond acceptors (Lipinski definition) is 4. The fourth-order valence-corrected chi connectivity index (χ4v) is 4.20. The molecule has 1 saturated carbocycles. The molecule has 0 bridgehead atoms. The van der Waals surface area contributed by atoms with Crippen LogP contribution in [-0.4, -0.2) is 30.3 Å². The number of imidazole rings is 1. The molecule has 0 saturated heterocycles. The van der Waals surface area contributed by atoms with Crippen molar-refractivity contribution in [1.29, 1.82) is 0 Å². The molecule has 1 aliphatic rings. The average molecular weight is 279 g/mol. The van der Waals surface area contributed by atoms with Crippen LogP contribution in [0.3, 0.4) is 0 Å². The summed E-state index contributed by atoms with van der Waals surface area (Å²) < 4.78 is 4.37. The summed E-state index contributed by atoms with van der Waals surface area (Å²) >= 11 is 1.97. The Morgan fingerprint density at radius 2 is 2.05 bits per heavy atom. The van der Waals surface area contributed by atoms with Gasteiger partial charge in [-0.2, -0.15) is 16.9 Å². The van der Waals surface area contributed by atoms with Crippen molar-refractivity contribution in [3.8, 4) is 0 Å². The average Bonchev–Trinajstić information content (AvgIpc) is 3.02. The third-order valence-electron chi connectivity index (χ3n) is 4.31. The molecule has 2 aromatic rings. The topological polar surface area (TPSA) is 61.7 Å². The Bertz CT molecular complexity index is 606. The Labute approximate surface area is 117 Å². The van der Waals surface area contributed by atoms with Gasteiger partial charge in [0, 0.05) is 18.3 Å². The first-order valence-corrected chi connectivity index (χ1v) is 7.99. The highest BCUT2D eigenvalue weighted by Crippen LogP contribution is 2.42. The number of nitrogens with zero attached hydrogens (tertiary/aromatic N) is 4. The SMILES string of the molecule is CSC1(Cn2c(N)nc3c(C)nn(C)c32)CCCC1. The molecule has 0 spiro atoms. The van der Waals surface area contributed by atoms with Gasteiger partial charge in [0.25, 0.3) is 0 Å². The summed E-state index contributed by atoms with van der Waals surface area (Å²) in [5.41, 5.74) is 9.07. The zero-order valence-corrected chi connectivity index (χ0v) is 12.6. The van der Waals surface area contributed by atoms with E-state index in [-0.39, 0.29) is 0 Å². The van der Waals surface area contributed by atoms with E-state index in [2.05, 4.69) is 20.9 Å². The van der Waals surface area contributed by atoms with Gasteiger partial charge in [-0.1, -0.05) is 12.8 Å². The Balaban J connectivity index is 2.07. The lowest BCUT2D eigenvalue weighted by Gasteiger charge is -2.27. The molecule has 2 aromatic heterocycles. The molecule has 0 amide bonds. The zero-order chi connectivity index (χ0) is 13.6. The summed E-state index contributed by atoms with van der Waals surface area (Å²) in [7, 11) is 1.97. The van der Waals surface area contributed by atoms with Gasteiger partial charge in [0.05, 0.1) is 5.69 Å². The molecule has 0 unspecified atom stereocenters. The van der Waals surface area contributed by atoms with Gasteiger partial charge in [-0.25, -0.2) is 4.98 Å². The van der Waals surface area contributed by atoms with Gasteiger partial charge in [0.15, 0.2) is 5.65 Å². The zero-order valence-electron chi connectivity index (χ0n) is 11.8. The molecule has 19 heavy (non-hydrogen) atoms. The first kappa shape index (κ1) is 12.8. The van der Waals surface area contributed by atoms with Crippen LogP contribution in [0.4, 0.5) is 5.95 Å². The third-order valence-corrected chi connectivity index (χ3v) is 5.72. The Kier molecular flexibility index (Phi) is 3.00. The normalized spacial score (nSPS) is 18.5. The highest BCUT2D eigenvalue weighted by Gasteiger charge is 2.35. The lowest BCUT2D eigenvalue weighted by molar-refractivity contribution is 0.511. The van der Waals surface area contributed by atoms with E-state index >= 15 is 0 Å². The van der Waals surface area contributed by atoms with Crippen molar-refractivity contribution in [2.24, 2.45) is 7.05 Å². The third kappa shape index (κ3) is 1.93. The molecule has 104 valence electrons. The minimum atomic E-state index is 0.319. The number of rotatable bonds is 3. The van der Waals surface area contributed by atoms with Crippen LogP contribution in [-0.2, 0) is 13.6 Å². The molecular formula is C13H21N5S. The van der Waals surface area contributed by atoms with Crippen LogP contribution in [0.25, 0.3) is 11.2 Å². The standard InChI is InChI=1S/C13H21N5S/c1-9-10-11(17(2)16-9)18(12(14)15-10)8-13(19-3)6-4-5-7-13/h4-8H2,1-3H3,(H2,14,15). The highest BCUT2D eigenvalue weighted by molar-refractivity contribution is 8.00. The summed E-state index contributed by atoms with van der Waals surface area (Å²) in [5.74, 6) is 0.617. The van der Waals surface area contributed by atoms with E-state index in [1.54, 1.807) is 0 Å².